The summed E-state index contributed by atoms with van der Waals surface area (Å²) in [5, 5.41) is 14.3. The lowest BCUT2D eigenvalue weighted by Crippen LogP contribution is -2.14. The van der Waals surface area contributed by atoms with Crippen LogP contribution in [-0.2, 0) is 10.0 Å². The molecular formula is C12H14N4O3S. The number of carbonyl (C=O) groups is 1. The molecule has 2 aromatic rings. The fourth-order valence-corrected chi connectivity index (χ4v) is 2.32. The van der Waals surface area contributed by atoms with Crippen LogP contribution in [0.4, 0.5) is 5.69 Å². The number of rotatable bonds is 3. The number of hydrogen-bond acceptors (Lipinski definition) is 4. The molecular weight excluding hydrogens is 280 g/mol. The number of aromatic amines is 1. The number of H-pyrrole nitrogens is 1. The van der Waals surface area contributed by atoms with Crippen molar-refractivity contribution in [2.75, 3.05) is 5.32 Å². The smallest absolute Gasteiger partial charge is 0.259 e. The van der Waals surface area contributed by atoms with E-state index in [2.05, 4.69) is 15.5 Å². The Hall–Kier alpha value is -2.19. The first kappa shape index (κ1) is 14.2. The lowest BCUT2D eigenvalue weighted by Gasteiger charge is -2.06. The van der Waals surface area contributed by atoms with Crippen molar-refractivity contribution in [1.82, 2.24) is 10.2 Å². The molecule has 7 nitrogen and oxygen atoms in total. The Kier molecular flexibility index (Phi) is 3.60. The number of benzene rings is 1. The minimum Gasteiger partial charge on any atom is -0.322 e. The van der Waals surface area contributed by atoms with Crippen molar-refractivity contribution in [3.05, 3.63) is 41.2 Å². The van der Waals surface area contributed by atoms with Gasteiger partial charge in [0.1, 0.15) is 0 Å². The highest BCUT2D eigenvalue weighted by molar-refractivity contribution is 7.89. The molecule has 0 saturated heterocycles. The summed E-state index contributed by atoms with van der Waals surface area (Å²) in [5.74, 6) is -0.308. The maximum atomic E-state index is 12.1. The van der Waals surface area contributed by atoms with Crippen LogP contribution in [0.15, 0.2) is 29.2 Å². The van der Waals surface area contributed by atoms with Crippen LogP contribution < -0.4 is 10.5 Å². The fourth-order valence-electron chi connectivity index (χ4n) is 1.81. The summed E-state index contributed by atoms with van der Waals surface area (Å²) in [5.41, 5.74) is 2.21. The van der Waals surface area contributed by atoms with Gasteiger partial charge in [-0.3, -0.25) is 9.89 Å². The molecule has 0 aliphatic rings. The van der Waals surface area contributed by atoms with Gasteiger partial charge in [-0.2, -0.15) is 5.10 Å². The lowest BCUT2D eigenvalue weighted by atomic mass is 10.2. The van der Waals surface area contributed by atoms with Gasteiger partial charge in [0.05, 0.1) is 16.2 Å². The van der Waals surface area contributed by atoms with Crippen LogP contribution >= 0.6 is 0 Å². The van der Waals surface area contributed by atoms with Gasteiger partial charge in [-0.25, -0.2) is 13.6 Å². The monoisotopic (exact) mass is 294 g/mol. The number of hydrogen-bond donors (Lipinski definition) is 3. The van der Waals surface area contributed by atoms with Crippen molar-refractivity contribution < 1.29 is 13.2 Å². The average Bonchev–Trinajstić information content (AvgIpc) is 2.68. The number of anilines is 1. The van der Waals surface area contributed by atoms with Crippen molar-refractivity contribution in [2.45, 2.75) is 18.7 Å². The highest BCUT2D eigenvalue weighted by Crippen LogP contribution is 2.16. The van der Waals surface area contributed by atoms with Crippen LogP contribution in [0.5, 0.6) is 0 Å². The van der Waals surface area contributed by atoms with Gasteiger partial charge in [0.2, 0.25) is 10.0 Å². The molecule has 1 amide bonds. The minimum atomic E-state index is -3.73. The highest BCUT2D eigenvalue weighted by Gasteiger charge is 2.15. The summed E-state index contributed by atoms with van der Waals surface area (Å²) in [6, 6.07) is 5.62. The third kappa shape index (κ3) is 2.86. The van der Waals surface area contributed by atoms with E-state index in [0.717, 1.165) is 0 Å². The van der Waals surface area contributed by atoms with Crippen LogP contribution in [0.25, 0.3) is 0 Å². The molecule has 1 aromatic carbocycles. The number of amides is 1. The van der Waals surface area contributed by atoms with Crippen LogP contribution in [0, 0.1) is 13.8 Å². The van der Waals surface area contributed by atoms with Crippen molar-refractivity contribution in [3.8, 4) is 0 Å². The number of primary sulfonamides is 1. The number of nitrogens with one attached hydrogen (secondary N) is 2. The van der Waals surface area contributed by atoms with Crippen molar-refractivity contribution >= 4 is 21.6 Å². The number of sulfonamides is 1. The number of carbonyl (C=O) groups excluding carboxylic acids is 1. The second-order valence-electron chi connectivity index (χ2n) is 4.33. The number of aryl methyl sites for hydroxylation is 2. The van der Waals surface area contributed by atoms with Gasteiger partial charge in [0.15, 0.2) is 0 Å². The average molecular weight is 294 g/mol. The fraction of sp³-hybridized carbons (Fsp3) is 0.167. The van der Waals surface area contributed by atoms with Gasteiger partial charge in [0.25, 0.3) is 5.91 Å². The first-order valence-corrected chi connectivity index (χ1v) is 7.29. The zero-order chi connectivity index (χ0) is 14.9. The lowest BCUT2D eigenvalue weighted by molar-refractivity contribution is 0.102. The van der Waals surface area contributed by atoms with Crippen molar-refractivity contribution in [1.29, 1.82) is 0 Å². The molecule has 0 unspecified atom stereocenters. The Morgan fingerprint density at radius 3 is 2.30 bits per heavy atom. The second-order valence-corrected chi connectivity index (χ2v) is 5.89. The summed E-state index contributed by atoms with van der Waals surface area (Å²) in [7, 11) is -3.73. The molecule has 8 heteroatoms. The van der Waals surface area contributed by atoms with E-state index in [4.69, 9.17) is 5.14 Å². The van der Waals surface area contributed by atoms with Gasteiger partial charge in [-0.15, -0.1) is 0 Å². The van der Waals surface area contributed by atoms with E-state index in [1.807, 2.05) is 0 Å². The third-order valence-electron chi connectivity index (χ3n) is 2.80. The van der Waals surface area contributed by atoms with Gasteiger partial charge < -0.3 is 5.32 Å². The van der Waals surface area contributed by atoms with Gasteiger partial charge in [-0.1, -0.05) is 0 Å². The summed E-state index contributed by atoms with van der Waals surface area (Å²) in [4.78, 5) is 12.1. The van der Waals surface area contributed by atoms with Crippen LogP contribution in [0.3, 0.4) is 0 Å². The molecule has 0 radical (unpaired) electrons. The summed E-state index contributed by atoms with van der Waals surface area (Å²) in [6.45, 7) is 3.47. The van der Waals surface area contributed by atoms with E-state index in [1.165, 1.54) is 24.3 Å². The molecule has 1 aromatic heterocycles. The van der Waals surface area contributed by atoms with Gasteiger partial charge in [-0.05, 0) is 38.1 Å². The Labute approximate surface area is 116 Å². The molecule has 2 rings (SSSR count). The van der Waals surface area contributed by atoms with Crippen LogP contribution in [-0.4, -0.2) is 24.5 Å². The van der Waals surface area contributed by atoms with Crippen LogP contribution in [0.2, 0.25) is 0 Å². The van der Waals surface area contributed by atoms with Gasteiger partial charge >= 0.3 is 0 Å². The quantitative estimate of drug-likeness (QED) is 0.780. The Balaban J connectivity index is 2.21. The molecule has 0 aliphatic heterocycles. The largest absolute Gasteiger partial charge is 0.322 e. The minimum absolute atomic E-state index is 0.00817. The van der Waals surface area contributed by atoms with E-state index in [0.29, 0.717) is 22.6 Å². The Morgan fingerprint density at radius 2 is 1.85 bits per heavy atom. The zero-order valence-electron chi connectivity index (χ0n) is 11.0. The molecule has 0 spiro atoms. The number of nitrogens with zero attached hydrogens (tertiary/aromatic N) is 1. The van der Waals surface area contributed by atoms with E-state index >= 15 is 0 Å². The van der Waals surface area contributed by atoms with Crippen molar-refractivity contribution in [2.24, 2.45) is 5.14 Å². The number of nitrogens with two attached hydrogens (primary N) is 1. The zero-order valence-corrected chi connectivity index (χ0v) is 11.8. The third-order valence-corrected chi connectivity index (χ3v) is 3.73. The van der Waals surface area contributed by atoms with Crippen LogP contribution in [0.1, 0.15) is 21.7 Å². The molecule has 0 bridgehead atoms. The maximum Gasteiger partial charge on any atom is 0.259 e. The van der Waals surface area contributed by atoms with Crippen molar-refractivity contribution in [3.63, 3.8) is 0 Å². The Bertz CT molecular complexity index is 728. The Morgan fingerprint density at radius 1 is 1.25 bits per heavy atom. The molecule has 0 fully saturated rings. The first-order chi connectivity index (χ1) is 9.29. The predicted molar refractivity (Wildman–Crippen MR) is 73.8 cm³/mol. The summed E-state index contributed by atoms with van der Waals surface area (Å²) in [6.07, 6.45) is 0. The molecule has 0 atom stereocenters. The molecule has 106 valence electrons. The van der Waals surface area contributed by atoms with Gasteiger partial charge in [0, 0.05) is 11.4 Å². The van der Waals surface area contributed by atoms with E-state index in [1.54, 1.807) is 13.8 Å². The maximum absolute atomic E-state index is 12.1. The molecule has 4 N–H and O–H groups in total. The summed E-state index contributed by atoms with van der Waals surface area (Å²) < 4.78 is 22.2. The normalized spacial score (nSPS) is 11.3. The summed E-state index contributed by atoms with van der Waals surface area (Å²) >= 11 is 0. The molecule has 1 heterocycles. The second kappa shape index (κ2) is 5.06. The number of aromatic nitrogens is 2. The molecule has 20 heavy (non-hydrogen) atoms. The molecule has 0 saturated carbocycles. The van der Waals surface area contributed by atoms with E-state index < -0.39 is 10.0 Å². The highest BCUT2D eigenvalue weighted by atomic mass is 32.2. The molecule has 0 aliphatic carbocycles. The predicted octanol–water partition coefficient (Wildman–Crippen LogP) is 0.926. The van der Waals surface area contributed by atoms with E-state index in [9.17, 15) is 13.2 Å². The SMILES string of the molecule is Cc1n[nH]c(C)c1C(=O)Nc1ccc(S(N)(=O)=O)cc1. The first-order valence-electron chi connectivity index (χ1n) is 5.75. The van der Waals surface area contributed by atoms with E-state index in [-0.39, 0.29) is 10.8 Å². The topological polar surface area (TPSA) is 118 Å². The standard InChI is InChI=1S/C12H14N4O3S/c1-7-11(8(2)16-15-7)12(17)14-9-3-5-10(6-4-9)20(13,18)19/h3-6H,1-2H3,(H,14,17)(H,15,16)(H2,13,18,19).